The second-order valence-corrected chi connectivity index (χ2v) is 5.90. The highest BCUT2D eigenvalue weighted by molar-refractivity contribution is 6.30. The molecule has 23 heavy (non-hydrogen) atoms. The van der Waals surface area contributed by atoms with Crippen LogP contribution in [0, 0.1) is 11.7 Å². The van der Waals surface area contributed by atoms with E-state index in [9.17, 15) is 14.0 Å². The van der Waals surface area contributed by atoms with E-state index in [1.165, 1.54) is 12.1 Å². The summed E-state index contributed by atoms with van der Waals surface area (Å²) in [4.78, 5) is 22.7. The van der Waals surface area contributed by atoms with Gasteiger partial charge >= 0.3 is 5.97 Å². The summed E-state index contributed by atoms with van der Waals surface area (Å²) in [6, 6.07) is 9.90. The molecule has 1 heterocycles. The van der Waals surface area contributed by atoms with Crippen molar-refractivity contribution in [3.8, 4) is 11.1 Å². The highest BCUT2D eigenvalue weighted by Crippen LogP contribution is 2.32. The van der Waals surface area contributed by atoms with E-state index in [1.54, 1.807) is 18.2 Å². The van der Waals surface area contributed by atoms with Crippen LogP contribution in [0.15, 0.2) is 36.4 Å². The zero-order chi connectivity index (χ0) is 16.6. The predicted molar refractivity (Wildman–Crippen MR) is 84.9 cm³/mol. The fraction of sp³-hybridized carbons (Fsp3) is 0.176. The summed E-state index contributed by atoms with van der Waals surface area (Å²) in [5, 5.41) is 11.7. The average Bonchev–Trinajstić information content (AvgIpc) is 2.50. The third-order valence-corrected chi connectivity index (χ3v) is 4.18. The van der Waals surface area contributed by atoms with Crippen LogP contribution in [0.4, 0.5) is 10.1 Å². The van der Waals surface area contributed by atoms with Crippen molar-refractivity contribution in [3.05, 3.63) is 52.8 Å². The van der Waals surface area contributed by atoms with E-state index in [-0.39, 0.29) is 17.4 Å². The van der Waals surface area contributed by atoms with Crippen LogP contribution >= 0.6 is 11.6 Å². The SMILES string of the molecule is O=C(O)CC1Cc2cc(-c3ccc(Cl)c(F)c3)ccc2NC1=O. The molecule has 0 radical (unpaired) electrons. The Bertz CT molecular complexity index is 806. The smallest absolute Gasteiger partial charge is 0.304 e. The summed E-state index contributed by atoms with van der Waals surface area (Å²) in [7, 11) is 0. The molecule has 1 amide bonds. The van der Waals surface area contributed by atoms with Gasteiger partial charge in [0.05, 0.1) is 17.4 Å². The number of hydrogen-bond acceptors (Lipinski definition) is 2. The molecule has 0 saturated heterocycles. The first kappa shape index (κ1) is 15.5. The minimum atomic E-state index is -1.01. The van der Waals surface area contributed by atoms with E-state index in [1.807, 2.05) is 6.07 Å². The van der Waals surface area contributed by atoms with Gasteiger partial charge in [-0.1, -0.05) is 23.7 Å². The number of fused-ring (bicyclic) bond motifs is 1. The highest BCUT2D eigenvalue weighted by atomic mass is 35.5. The summed E-state index contributed by atoms with van der Waals surface area (Å²) in [6.45, 7) is 0. The maximum Gasteiger partial charge on any atom is 0.304 e. The van der Waals surface area contributed by atoms with Crippen LogP contribution < -0.4 is 5.32 Å². The van der Waals surface area contributed by atoms with Gasteiger partial charge in [0.2, 0.25) is 5.91 Å². The molecular formula is C17H13ClFNO3. The van der Waals surface area contributed by atoms with Crippen LogP contribution in [0.5, 0.6) is 0 Å². The molecule has 1 aliphatic heterocycles. The number of rotatable bonds is 3. The first-order chi connectivity index (χ1) is 10.9. The Hall–Kier alpha value is -2.40. The minimum Gasteiger partial charge on any atom is -0.481 e. The van der Waals surface area contributed by atoms with Gasteiger partial charge in [-0.3, -0.25) is 9.59 Å². The number of nitrogens with one attached hydrogen (secondary N) is 1. The summed E-state index contributed by atoms with van der Waals surface area (Å²) >= 11 is 5.69. The molecule has 0 aromatic heterocycles. The van der Waals surface area contributed by atoms with Crippen LogP contribution in [0.1, 0.15) is 12.0 Å². The molecule has 4 nitrogen and oxygen atoms in total. The lowest BCUT2D eigenvalue weighted by Crippen LogP contribution is -2.31. The predicted octanol–water partition coefficient (Wildman–Crippen LogP) is 3.73. The molecule has 0 saturated carbocycles. The summed E-state index contributed by atoms with van der Waals surface area (Å²) in [5.74, 6) is -2.40. The van der Waals surface area contributed by atoms with Crippen LogP contribution in [-0.4, -0.2) is 17.0 Å². The van der Waals surface area contributed by atoms with Gasteiger partial charge in [-0.25, -0.2) is 4.39 Å². The van der Waals surface area contributed by atoms with E-state index in [0.717, 1.165) is 11.1 Å². The molecule has 1 aliphatic rings. The van der Waals surface area contributed by atoms with Gasteiger partial charge < -0.3 is 10.4 Å². The zero-order valence-corrected chi connectivity index (χ0v) is 12.7. The Morgan fingerprint density at radius 1 is 1.26 bits per heavy atom. The number of amides is 1. The zero-order valence-electron chi connectivity index (χ0n) is 12.0. The standard InChI is InChI=1S/C17H13ClFNO3/c18-13-3-1-10(7-14(13)19)9-2-4-15-11(5-9)6-12(8-16(21)22)17(23)20-15/h1-5,7,12H,6,8H2,(H,20,23)(H,21,22). The maximum atomic E-state index is 13.6. The van der Waals surface area contributed by atoms with Crippen molar-refractivity contribution in [1.29, 1.82) is 0 Å². The van der Waals surface area contributed by atoms with Gasteiger partial charge in [-0.05, 0) is 47.4 Å². The lowest BCUT2D eigenvalue weighted by atomic mass is 9.89. The van der Waals surface area contributed by atoms with Crippen molar-refractivity contribution in [2.75, 3.05) is 5.32 Å². The Labute approximate surface area is 136 Å². The largest absolute Gasteiger partial charge is 0.481 e. The monoisotopic (exact) mass is 333 g/mol. The van der Waals surface area contributed by atoms with Crippen LogP contribution in [0.2, 0.25) is 5.02 Å². The highest BCUT2D eigenvalue weighted by Gasteiger charge is 2.28. The molecular weight excluding hydrogens is 321 g/mol. The number of carboxylic acids is 1. The molecule has 2 aromatic rings. The van der Waals surface area contributed by atoms with E-state index in [4.69, 9.17) is 16.7 Å². The number of anilines is 1. The molecule has 0 aliphatic carbocycles. The normalized spacial score (nSPS) is 16.6. The van der Waals surface area contributed by atoms with Crippen LogP contribution in [0.3, 0.4) is 0 Å². The van der Waals surface area contributed by atoms with Crippen LogP contribution in [0.25, 0.3) is 11.1 Å². The fourth-order valence-electron chi connectivity index (χ4n) is 2.71. The summed E-state index contributed by atoms with van der Waals surface area (Å²) in [6.07, 6.45) is 0.127. The Morgan fingerprint density at radius 3 is 2.65 bits per heavy atom. The van der Waals surface area contributed by atoms with Crippen molar-refractivity contribution in [3.63, 3.8) is 0 Å². The quantitative estimate of drug-likeness (QED) is 0.899. The number of halogens is 2. The fourth-order valence-corrected chi connectivity index (χ4v) is 2.83. The average molecular weight is 334 g/mol. The van der Waals surface area contributed by atoms with Crippen molar-refractivity contribution >= 4 is 29.2 Å². The lowest BCUT2D eigenvalue weighted by molar-refractivity contribution is -0.140. The van der Waals surface area contributed by atoms with Gasteiger partial charge in [-0.2, -0.15) is 0 Å². The number of hydrogen-bond donors (Lipinski definition) is 2. The molecule has 3 rings (SSSR count). The van der Waals surface area contributed by atoms with Gasteiger partial charge in [0.1, 0.15) is 5.82 Å². The van der Waals surface area contributed by atoms with Gasteiger partial charge in [-0.15, -0.1) is 0 Å². The minimum absolute atomic E-state index is 0.0560. The van der Waals surface area contributed by atoms with Gasteiger partial charge in [0.25, 0.3) is 0 Å². The number of aliphatic carboxylic acids is 1. The van der Waals surface area contributed by atoms with Crippen molar-refractivity contribution in [1.82, 2.24) is 0 Å². The van der Waals surface area contributed by atoms with Gasteiger partial charge in [0, 0.05) is 5.69 Å². The number of carbonyl (C=O) groups is 2. The van der Waals surface area contributed by atoms with Crippen molar-refractivity contribution < 1.29 is 19.1 Å². The van der Waals surface area contributed by atoms with E-state index < -0.39 is 17.7 Å². The first-order valence-electron chi connectivity index (χ1n) is 7.05. The lowest BCUT2D eigenvalue weighted by Gasteiger charge is -2.24. The molecule has 6 heteroatoms. The molecule has 118 valence electrons. The molecule has 1 atom stereocenters. The second kappa shape index (κ2) is 6.01. The van der Waals surface area contributed by atoms with Crippen LogP contribution in [-0.2, 0) is 16.0 Å². The summed E-state index contributed by atoms with van der Waals surface area (Å²) < 4.78 is 13.6. The molecule has 0 spiro atoms. The van der Waals surface area contributed by atoms with Gasteiger partial charge in [0.15, 0.2) is 0 Å². The Kier molecular flexibility index (Phi) is 4.05. The number of benzene rings is 2. The van der Waals surface area contributed by atoms with E-state index >= 15 is 0 Å². The number of carbonyl (C=O) groups excluding carboxylic acids is 1. The van der Waals surface area contributed by atoms with Crippen molar-refractivity contribution in [2.24, 2.45) is 5.92 Å². The third-order valence-electron chi connectivity index (χ3n) is 3.87. The van der Waals surface area contributed by atoms with E-state index in [2.05, 4.69) is 5.32 Å². The Morgan fingerprint density at radius 2 is 1.96 bits per heavy atom. The Balaban J connectivity index is 1.94. The topological polar surface area (TPSA) is 66.4 Å². The molecule has 2 aromatic carbocycles. The summed E-state index contributed by atoms with van der Waals surface area (Å²) in [5.41, 5.74) is 2.95. The molecule has 0 fully saturated rings. The maximum absolute atomic E-state index is 13.6. The third kappa shape index (κ3) is 3.19. The molecule has 2 N–H and O–H groups in total. The first-order valence-corrected chi connectivity index (χ1v) is 7.43. The second-order valence-electron chi connectivity index (χ2n) is 5.49. The van der Waals surface area contributed by atoms with E-state index in [0.29, 0.717) is 17.7 Å². The number of carboxylic acid groups (broad SMARTS) is 1. The molecule has 1 unspecified atom stereocenters. The molecule has 0 bridgehead atoms. The van der Waals surface area contributed by atoms with Crippen molar-refractivity contribution in [2.45, 2.75) is 12.8 Å².